The van der Waals surface area contributed by atoms with Gasteiger partial charge < -0.3 is 9.64 Å². The summed E-state index contributed by atoms with van der Waals surface area (Å²) < 4.78 is 5.55. The van der Waals surface area contributed by atoms with E-state index in [1.54, 1.807) is 0 Å². The van der Waals surface area contributed by atoms with E-state index < -0.39 is 0 Å². The first-order valence-electron chi connectivity index (χ1n) is 7.53. The summed E-state index contributed by atoms with van der Waals surface area (Å²) in [4.78, 5) is 14.6. The fraction of sp³-hybridized carbons (Fsp3) is 0.588. The maximum absolute atomic E-state index is 12.6. The number of ether oxygens (including phenoxy) is 1. The Kier molecular flexibility index (Phi) is 5.18. The number of hydrogen-bond acceptors (Lipinski definition) is 2. The second kappa shape index (κ2) is 6.89. The van der Waals surface area contributed by atoms with Crippen LogP contribution in [0.5, 0.6) is 0 Å². The Morgan fingerprint density at radius 3 is 2.75 bits per heavy atom. The number of carbonyl (C=O) groups excluding carboxylic acids is 1. The molecule has 110 valence electrons. The molecule has 0 N–H and O–H groups in total. The van der Waals surface area contributed by atoms with E-state index in [-0.39, 0.29) is 12.0 Å². The van der Waals surface area contributed by atoms with Gasteiger partial charge in [-0.1, -0.05) is 38.1 Å². The zero-order chi connectivity index (χ0) is 14.5. The first-order valence-corrected chi connectivity index (χ1v) is 7.53. The summed E-state index contributed by atoms with van der Waals surface area (Å²) >= 11 is 0. The molecule has 0 bridgehead atoms. The third-order valence-corrected chi connectivity index (χ3v) is 3.72. The summed E-state index contributed by atoms with van der Waals surface area (Å²) in [7, 11) is 0. The molecule has 1 aliphatic rings. The van der Waals surface area contributed by atoms with Crippen LogP contribution in [-0.2, 0) is 16.1 Å². The van der Waals surface area contributed by atoms with Crippen molar-refractivity contribution >= 4 is 5.91 Å². The summed E-state index contributed by atoms with van der Waals surface area (Å²) in [6, 6.07) is 8.27. The molecular weight excluding hydrogens is 250 g/mol. The van der Waals surface area contributed by atoms with Gasteiger partial charge in [0.05, 0.1) is 0 Å². The molecule has 1 atom stereocenters. The van der Waals surface area contributed by atoms with Gasteiger partial charge in [-0.05, 0) is 36.8 Å². The third-order valence-electron chi connectivity index (χ3n) is 3.72. The molecule has 3 nitrogen and oxygen atoms in total. The van der Waals surface area contributed by atoms with Gasteiger partial charge in [-0.2, -0.15) is 0 Å². The van der Waals surface area contributed by atoms with Crippen LogP contribution in [0.25, 0.3) is 0 Å². The fourth-order valence-electron chi connectivity index (χ4n) is 2.64. The normalized spacial score (nSPS) is 18.5. The van der Waals surface area contributed by atoms with E-state index in [9.17, 15) is 4.79 Å². The molecule has 1 aromatic carbocycles. The van der Waals surface area contributed by atoms with Gasteiger partial charge in [-0.3, -0.25) is 4.79 Å². The van der Waals surface area contributed by atoms with Gasteiger partial charge in [0.15, 0.2) is 0 Å². The molecule has 20 heavy (non-hydrogen) atoms. The monoisotopic (exact) mass is 275 g/mol. The van der Waals surface area contributed by atoms with Crippen LogP contribution in [0, 0.1) is 12.8 Å². The molecule has 1 amide bonds. The lowest BCUT2D eigenvalue weighted by Gasteiger charge is -2.27. The molecule has 0 radical (unpaired) electrons. The summed E-state index contributed by atoms with van der Waals surface area (Å²) in [6.07, 6.45) is 1.63. The summed E-state index contributed by atoms with van der Waals surface area (Å²) in [6.45, 7) is 8.58. The molecule has 1 saturated heterocycles. The lowest BCUT2D eigenvalue weighted by molar-refractivity contribution is -0.142. The van der Waals surface area contributed by atoms with Gasteiger partial charge in [-0.15, -0.1) is 0 Å². The smallest absolute Gasteiger partial charge is 0.252 e. The molecule has 1 heterocycles. The quantitative estimate of drug-likeness (QED) is 0.826. The molecule has 0 saturated carbocycles. The average Bonchev–Trinajstić information content (AvgIpc) is 2.93. The molecule has 2 rings (SSSR count). The highest BCUT2D eigenvalue weighted by Gasteiger charge is 2.28. The van der Waals surface area contributed by atoms with Crippen LogP contribution >= 0.6 is 0 Å². The van der Waals surface area contributed by atoms with Crippen LogP contribution < -0.4 is 0 Å². The van der Waals surface area contributed by atoms with Gasteiger partial charge in [0.25, 0.3) is 5.91 Å². The lowest BCUT2D eigenvalue weighted by atomic mass is 10.1. The van der Waals surface area contributed by atoms with Crippen LogP contribution in [0.4, 0.5) is 0 Å². The van der Waals surface area contributed by atoms with E-state index in [0.29, 0.717) is 12.5 Å². The number of aryl methyl sites for hydroxylation is 1. The maximum atomic E-state index is 12.6. The van der Waals surface area contributed by atoms with Crippen molar-refractivity contribution in [2.75, 3.05) is 13.2 Å². The van der Waals surface area contributed by atoms with Crippen molar-refractivity contribution in [3.8, 4) is 0 Å². The van der Waals surface area contributed by atoms with Crippen molar-refractivity contribution in [2.24, 2.45) is 5.92 Å². The van der Waals surface area contributed by atoms with Crippen molar-refractivity contribution < 1.29 is 9.53 Å². The predicted octanol–water partition coefficient (Wildman–Crippen LogP) is 3.16. The van der Waals surface area contributed by atoms with E-state index >= 15 is 0 Å². The summed E-state index contributed by atoms with van der Waals surface area (Å²) in [5.41, 5.74) is 2.46. The van der Waals surface area contributed by atoms with Crippen LogP contribution in [0.15, 0.2) is 24.3 Å². The Labute approximate surface area is 121 Å². The van der Waals surface area contributed by atoms with Crippen molar-refractivity contribution in [1.82, 2.24) is 4.90 Å². The minimum absolute atomic E-state index is 0.152. The van der Waals surface area contributed by atoms with E-state index in [1.807, 2.05) is 17.0 Å². The highest BCUT2D eigenvalue weighted by molar-refractivity contribution is 5.81. The van der Waals surface area contributed by atoms with Crippen molar-refractivity contribution in [2.45, 2.75) is 46.3 Å². The molecule has 1 aliphatic heterocycles. The van der Waals surface area contributed by atoms with Crippen LogP contribution in [0.1, 0.15) is 37.8 Å². The van der Waals surface area contributed by atoms with Gasteiger partial charge in [0.2, 0.25) is 0 Å². The Morgan fingerprint density at radius 2 is 2.15 bits per heavy atom. The minimum Gasteiger partial charge on any atom is -0.368 e. The third kappa shape index (κ3) is 3.83. The van der Waals surface area contributed by atoms with Gasteiger partial charge in [0.1, 0.15) is 6.10 Å². The lowest BCUT2D eigenvalue weighted by Crippen LogP contribution is -2.40. The van der Waals surface area contributed by atoms with Crippen LogP contribution in [-0.4, -0.2) is 30.1 Å². The number of nitrogens with zero attached hydrogens (tertiary/aromatic N) is 1. The largest absolute Gasteiger partial charge is 0.368 e. The highest BCUT2D eigenvalue weighted by atomic mass is 16.5. The molecule has 0 aliphatic carbocycles. The summed E-state index contributed by atoms with van der Waals surface area (Å²) in [5.74, 6) is 0.615. The molecule has 0 spiro atoms. The summed E-state index contributed by atoms with van der Waals surface area (Å²) in [5, 5.41) is 0. The molecule has 0 aromatic heterocycles. The highest BCUT2D eigenvalue weighted by Crippen LogP contribution is 2.18. The van der Waals surface area contributed by atoms with Crippen LogP contribution in [0.3, 0.4) is 0 Å². The average molecular weight is 275 g/mol. The molecule has 3 heteroatoms. The predicted molar refractivity (Wildman–Crippen MR) is 80.4 cm³/mol. The zero-order valence-electron chi connectivity index (χ0n) is 12.8. The molecule has 1 fully saturated rings. The number of amides is 1. The standard InChI is InChI=1S/C17H25NO2/c1-13(2)11-18(17(19)16-9-6-10-20-16)12-15-8-5-4-7-14(15)3/h4-5,7-8,13,16H,6,9-12H2,1-3H3/t16-/m1/s1. The number of hydrogen-bond donors (Lipinski definition) is 0. The Balaban J connectivity index is 2.10. The maximum Gasteiger partial charge on any atom is 0.252 e. The first-order chi connectivity index (χ1) is 9.58. The molecule has 0 unspecified atom stereocenters. The van der Waals surface area contributed by atoms with Gasteiger partial charge >= 0.3 is 0 Å². The molecule has 1 aromatic rings. The Morgan fingerprint density at radius 1 is 1.40 bits per heavy atom. The minimum atomic E-state index is -0.224. The molecular formula is C17H25NO2. The van der Waals surface area contributed by atoms with Crippen molar-refractivity contribution in [1.29, 1.82) is 0 Å². The van der Waals surface area contributed by atoms with E-state index in [2.05, 4.69) is 32.9 Å². The number of rotatable bonds is 5. The Bertz CT molecular complexity index is 450. The van der Waals surface area contributed by atoms with Gasteiger partial charge in [-0.25, -0.2) is 0 Å². The van der Waals surface area contributed by atoms with E-state index in [0.717, 1.165) is 26.0 Å². The van der Waals surface area contributed by atoms with Crippen LogP contribution in [0.2, 0.25) is 0 Å². The number of benzene rings is 1. The second-order valence-electron chi connectivity index (χ2n) is 6.04. The van der Waals surface area contributed by atoms with E-state index in [1.165, 1.54) is 11.1 Å². The van der Waals surface area contributed by atoms with Crippen molar-refractivity contribution in [3.63, 3.8) is 0 Å². The SMILES string of the molecule is Cc1ccccc1CN(CC(C)C)C(=O)[C@H]1CCCO1. The number of carbonyl (C=O) groups is 1. The Hall–Kier alpha value is -1.35. The first kappa shape index (κ1) is 15.0. The fourth-order valence-corrected chi connectivity index (χ4v) is 2.64. The van der Waals surface area contributed by atoms with Crippen molar-refractivity contribution in [3.05, 3.63) is 35.4 Å². The topological polar surface area (TPSA) is 29.5 Å². The second-order valence-corrected chi connectivity index (χ2v) is 6.04. The van der Waals surface area contributed by atoms with Gasteiger partial charge in [0, 0.05) is 19.7 Å². The van der Waals surface area contributed by atoms with E-state index in [4.69, 9.17) is 4.74 Å². The zero-order valence-corrected chi connectivity index (χ0v) is 12.8.